The molecule has 0 aliphatic heterocycles. The first-order chi connectivity index (χ1) is 9.78. The minimum absolute atomic E-state index is 0.387. The predicted octanol–water partition coefficient (Wildman–Crippen LogP) is 2.15. The van der Waals surface area contributed by atoms with Crippen molar-refractivity contribution in [2.75, 3.05) is 27.3 Å². The molecule has 0 aromatic carbocycles. The molecule has 1 heterocycles. The Bertz CT molecular complexity index is 411. The van der Waals surface area contributed by atoms with Gasteiger partial charge in [-0.3, -0.25) is 4.99 Å². The first-order valence-electron chi connectivity index (χ1n) is 7.24. The van der Waals surface area contributed by atoms with Gasteiger partial charge in [-0.15, -0.1) is 0 Å². The van der Waals surface area contributed by atoms with E-state index in [-0.39, 0.29) is 0 Å². The Morgan fingerprint density at radius 1 is 1.45 bits per heavy atom. The first-order valence-corrected chi connectivity index (χ1v) is 7.24. The lowest BCUT2D eigenvalue weighted by Gasteiger charge is -2.42. The van der Waals surface area contributed by atoms with Gasteiger partial charge in [0.2, 0.25) is 0 Å². The monoisotopic (exact) mass is 279 g/mol. The second-order valence-corrected chi connectivity index (χ2v) is 5.46. The van der Waals surface area contributed by atoms with Crippen molar-refractivity contribution in [1.29, 1.82) is 0 Å². The van der Waals surface area contributed by atoms with E-state index >= 15 is 0 Å². The summed E-state index contributed by atoms with van der Waals surface area (Å²) in [5, 5.41) is 6.69. The van der Waals surface area contributed by atoms with Crippen LogP contribution < -0.4 is 10.6 Å². The van der Waals surface area contributed by atoms with Crippen molar-refractivity contribution < 1.29 is 9.15 Å². The molecule has 0 radical (unpaired) electrons. The summed E-state index contributed by atoms with van der Waals surface area (Å²) < 4.78 is 10.5. The third-order valence-corrected chi connectivity index (χ3v) is 4.12. The largest absolute Gasteiger partial charge is 0.467 e. The van der Waals surface area contributed by atoms with Gasteiger partial charge in [0.25, 0.3) is 0 Å². The Hall–Kier alpha value is -1.49. The highest BCUT2D eigenvalue weighted by atomic mass is 16.5. The van der Waals surface area contributed by atoms with E-state index < -0.39 is 0 Å². The molecule has 1 aromatic heterocycles. The number of nitrogens with zero attached hydrogens (tertiary/aromatic N) is 1. The molecule has 112 valence electrons. The van der Waals surface area contributed by atoms with Crippen LogP contribution in [0.2, 0.25) is 0 Å². The number of furan rings is 1. The second-order valence-electron chi connectivity index (χ2n) is 5.46. The molecule has 20 heavy (non-hydrogen) atoms. The first kappa shape index (κ1) is 14.9. The van der Waals surface area contributed by atoms with E-state index in [1.807, 2.05) is 12.1 Å². The number of rotatable bonds is 7. The molecule has 0 bridgehead atoms. The van der Waals surface area contributed by atoms with Crippen LogP contribution in [-0.2, 0) is 11.3 Å². The molecule has 5 nitrogen and oxygen atoms in total. The van der Waals surface area contributed by atoms with E-state index in [9.17, 15) is 0 Å². The van der Waals surface area contributed by atoms with Gasteiger partial charge in [0, 0.05) is 27.3 Å². The number of guanidine groups is 1. The van der Waals surface area contributed by atoms with Gasteiger partial charge in [0.1, 0.15) is 5.76 Å². The fraction of sp³-hybridized carbons (Fsp3) is 0.667. The summed E-state index contributed by atoms with van der Waals surface area (Å²) in [5.74, 6) is 1.73. The van der Waals surface area contributed by atoms with Crippen molar-refractivity contribution in [3.63, 3.8) is 0 Å². The van der Waals surface area contributed by atoms with E-state index in [0.29, 0.717) is 12.0 Å². The smallest absolute Gasteiger partial charge is 0.191 e. The average molecular weight is 279 g/mol. The highest BCUT2D eigenvalue weighted by molar-refractivity contribution is 5.79. The summed E-state index contributed by atoms with van der Waals surface area (Å²) in [4.78, 5) is 4.25. The number of nitrogens with one attached hydrogen (secondary N) is 2. The Morgan fingerprint density at radius 3 is 2.85 bits per heavy atom. The number of methoxy groups -OCH3 is 1. The summed E-state index contributed by atoms with van der Waals surface area (Å²) in [5.41, 5.74) is 0.387. The Morgan fingerprint density at radius 2 is 2.30 bits per heavy atom. The van der Waals surface area contributed by atoms with Gasteiger partial charge in [-0.1, -0.05) is 6.42 Å². The van der Waals surface area contributed by atoms with Gasteiger partial charge in [0.05, 0.1) is 12.8 Å². The quantitative estimate of drug-likeness (QED) is 0.593. The molecule has 0 atom stereocenters. The van der Waals surface area contributed by atoms with Gasteiger partial charge in [0.15, 0.2) is 5.96 Å². The van der Waals surface area contributed by atoms with Crippen molar-refractivity contribution in [2.45, 2.75) is 32.2 Å². The molecular formula is C15H25N3O2. The Balaban J connectivity index is 1.75. The van der Waals surface area contributed by atoms with E-state index in [1.165, 1.54) is 19.3 Å². The highest BCUT2D eigenvalue weighted by Crippen LogP contribution is 2.43. The molecule has 5 heteroatoms. The Labute approximate surface area is 120 Å². The van der Waals surface area contributed by atoms with Crippen molar-refractivity contribution in [3.05, 3.63) is 24.2 Å². The van der Waals surface area contributed by atoms with Gasteiger partial charge in [-0.2, -0.15) is 0 Å². The van der Waals surface area contributed by atoms with Crippen LogP contribution in [0.5, 0.6) is 0 Å². The summed E-state index contributed by atoms with van der Waals surface area (Å²) in [6.45, 7) is 2.44. The lowest BCUT2D eigenvalue weighted by atomic mass is 9.67. The van der Waals surface area contributed by atoms with Crippen molar-refractivity contribution in [1.82, 2.24) is 10.6 Å². The predicted molar refractivity (Wildman–Crippen MR) is 79.7 cm³/mol. The highest BCUT2D eigenvalue weighted by Gasteiger charge is 2.36. The lowest BCUT2D eigenvalue weighted by molar-refractivity contribution is 0.0732. The topological polar surface area (TPSA) is 58.8 Å². The summed E-state index contributed by atoms with van der Waals surface area (Å²) in [6.07, 6.45) is 6.67. The van der Waals surface area contributed by atoms with Gasteiger partial charge in [-0.05, 0) is 36.8 Å². The van der Waals surface area contributed by atoms with Gasteiger partial charge >= 0.3 is 0 Å². The molecule has 1 saturated carbocycles. The normalized spacial score (nSPS) is 17.6. The third kappa shape index (κ3) is 4.00. The summed E-state index contributed by atoms with van der Waals surface area (Å²) >= 11 is 0. The fourth-order valence-electron chi connectivity index (χ4n) is 2.59. The molecule has 2 N–H and O–H groups in total. The van der Waals surface area contributed by atoms with Crippen LogP contribution in [0.4, 0.5) is 0 Å². The minimum atomic E-state index is 0.387. The van der Waals surface area contributed by atoms with Gasteiger partial charge in [-0.25, -0.2) is 0 Å². The fourth-order valence-corrected chi connectivity index (χ4v) is 2.59. The third-order valence-electron chi connectivity index (χ3n) is 4.12. The summed E-state index contributed by atoms with van der Waals surface area (Å²) in [7, 11) is 3.56. The van der Waals surface area contributed by atoms with Crippen LogP contribution in [-0.4, -0.2) is 33.3 Å². The number of aliphatic imine (C=N–C) groups is 1. The SMILES string of the molecule is CN=C(NCc1ccco1)NCC1(CCOC)CCC1. The molecule has 0 saturated heterocycles. The maximum Gasteiger partial charge on any atom is 0.191 e. The zero-order valence-corrected chi connectivity index (χ0v) is 12.4. The number of hydrogen-bond acceptors (Lipinski definition) is 3. The van der Waals surface area contributed by atoms with Gasteiger partial charge < -0.3 is 19.8 Å². The summed E-state index contributed by atoms with van der Waals surface area (Å²) in [6, 6.07) is 3.84. The van der Waals surface area contributed by atoms with Crippen molar-refractivity contribution in [3.8, 4) is 0 Å². The maximum absolute atomic E-state index is 5.30. The van der Waals surface area contributed by atoms with Crippen molar-refractivity contribution in [2.24, 2.45) is 10.4 Å². The molecule has 1 aromatic rings. The zero-order valence-electron chi connectivity index (χ0n) is 12.4. The standard InChI is InChI=1S/C15H25N3O2/c1-16-14(17-11-13-5-3-9-20-13)18-12-15(6-4-7-15)8-10-19-2/h3,5,9H,4,6-8,10-12H2,1-2H3,(H2,16,17,18). The molecule has 0 spiro atoms. The molecule has 1 aliphatic carbocycles. The molecular weight excluding hydrogens is 254 g/mol. The molecule has 1 fully saturated rings. The van der Waals surface area contributed by atoms with Crippen LogP contribution in [0.3, 0.4) is 0 Å². The van der Waals surface area contributed by atoms with Crippen LogP contribution in [0.15, 0.2) is 27.8 Å². The Kier molecular flexibility index (Phi) is 5.47. The van der Waals surface area contributed by atoms with Crippen LogP contribution in [0, 0.1) is 5.41 Å². The average Bonchev–Trinajstić information content (AvgIpc) is 2.93. The zero-order chi connectivity index (χ0) is 14.3. The van der Waals surface area contributed by atoms with E-state index in [0.717, 1.165) is 31.3 Å². The molecule has 1 aliphatic rings. The lowest BCUT2D eigenvalue weighted by Crippen LogP contribution is -2.46. The van der Waals surface area contributed by atoms with E-state index in [1.54, 1.807) is 20.4 Å². The molecule has 0 unspecified atom stereocenters. The number of hydrogen-bond donors (Lipinski definition) is 2. The van der Waals surface area contributed by atoms with Crippen LogP contribution >= 0.6 is 0 Å². The number of ether oxygens (including phenoxy) is 1. The molecule has 2 rings (SSSR count). The molecule has 0 amide bonds. The van der Waals surface area contributed by atoms with Crippen LogP contribution in [0.1, 0.15) is 31.4 Å². The van der Waals surface area contributed by atoms with Crippen molar-refractivity contribution >= 4 is 5.96 Å². The van der Waals surface area contributed by atoms with E-state index in [4.69, 9.17) is 9.15 Å². The second kappa shape index (κ2) is 7.33. The van der Waals surface area contributed by atoms with Crippen LogP contribution in [0.25, 0.3) is 0 Å². The van der Waals surface area contributed by atoms with E-state index in [2.05, 4.69) is 15.6 Å². The minimum Gasteiger partial charge on any atom is -0.467 e. The maximum atomic E-state index is 5.30.